The second-order valence-electron chi connectivity index (χ2n) is 7.92. The molecule has 9 heteroatoms. The summed E-state index contributed by atoms with van der Waals surface area (Å²) in [5.74, 6) is -0.0134. The third kappa shape index (κ3) is 4.40. The molecule has 7 nitrogen and oxygen atoms in total. The van der Waals surface area contributed by atoms with Crippen molar-refractivity contribution in [2.75, 3.05) is 31.1 Å². The molecule has 0 unspecified atom stereocenters. The minimum absolute atomic E-state index is 0.0967. The standard InChI is InChI=1S/C25H21FN6OS/c26-19-4-1-5-21(16-19)32-24(22-6-2-15-34-22)28-23(29-32)25(33)31-12-3-11-30(13-14-31)20-9-7-18(17-27)8-10-20/h1-2,4-10,15-16H,3,11-14H2. The van der Waals surface area contributed by atoms with Crippen LogP contribution in [0.15, 0.2) is 66.0 Å². The van der Waals surface area contributed by atoms with E-state index >= 15 is 0 Å². The Hall–Kier alpha value is -4.03. The van der Waals surface area contributed by atoms with E-state index in [1.165, 1.54) is 28.2 Å². The van der Waals surface area contributed by atoms with Crippen molar-refractivity contribution < 1.29 is 9.18 Å². The molecule has 4 aromatic rings. The molecule has 0 saturated carbocycles. The van der Waals surface area contributed by atoms with Crippen LogP contribution in [0.2, 0.25) is 0 Å². The third-order valence-corrected chi connectivity index (χ3v) is 6.60. The molecule has 1 aliphatic heterocycles. The lowest BCUT2D eigenvalue weighted by molar-refractivity contribution is 0.0755. The molecule has 0 radical (unpaired) electrons. The maximum Gasteiger partial charge on any atom is 0.293 e. The number of halogens is 1. The highest BCUT2D eigenvalue weighted by molar-refractivity contribution is 7.13. The van der Waals surface area contributed by atoms with E-state index in [-0.39, 0.29) is 17.5 Å². The summed E-state index contributed by atoms with van der Waals surface area (Å²) in [5, 5.41) is 15.4. The fraction of sp³-hybridized carbons (Fsp3) is 0.200. The monoisotopic (exact) mass is 472 g/mol. The molecule has 1 amide bonds. The van der Waals surface area contributed by atoms with Crippen molar-refractivity contribution in [3.8, 4) is 22.5 Å². The number of carbonyl (C=O) groups excluding carboxylic acids is 1. The minimum atomic E-state index is -0.381. The predicted octanol–water partition coefficient (Wildman–Crippen LogP) is 4.36. The van der Waals surface area contributed by atoms with Gasteiger partial charge in [0.2, 0.25) is 5.82 Å². The number of amides is 1. The molecule has 2 aromatic carbocycles. The molecule has 170 valence electrons. The first-order valence-electron chi connectivity index (χ1n) is 10.9. The van der Waals surface area contributed by atoms with Gasteiger partial charge in [0.15, 0.2) is 5.82 Å². The number of hydrogen-bond donors (Lipinski definition) is 0. The van der Waals surface area contributed by atoms with Crippen LogP contribution in [0.3, 0.4) is 0 Å². The molecule has 34 heavy (non-hydrogen) atoms. The van der Waals surface area contributed by atoms with Crippen LogP contribution < -0.4 is 4.90 Å². The first kappa shape index (κ1) is 21.8. The average Bonchev–Trinajstić information content (AvgIpc) is 3.49. The fourth-order valence-corrected chi connectivity index (χ4v) is 4.72. The second kappa shape index (κ2) is 9.45. The molecule has 0 atom stereocenters. The van der Waals surface area contributed by atoms with Gasteiger partial charge in [-0.05, 0) is 60.3 Å². The van der Waals surface area contributed by atoms with Gasteiger partial charge in [0, 0.05) is 31.9 Å². The van der Waals surface area contributed by atoms with Crippen molar-refractivity contribution in [1.29, 1.82) is 5.26 Å². The number of nitrogens with zero attached hydrogens (tertiary/aromatic N) is 6. The Balaban J connectivity index is 1.39. The van der Waals surface area contributed by atoms with Crippen LogP contribution in [0, 0.1) is 17.1 Å². The zero-order valence-electron chi connectivity index (χ0n) is 18.3. The summed E-state index contributed by atoms with van der Waals surface area (Å²) in [6.45, 7) is 2.59. The van der Waals surface area contributed by atoms with Crippen LogP contribution >= 0.6 is 11.3 Å². The Morgan fingerprint density at radius 2 is 1.85 bits per heavy atom. The largest absolute Gasteiger partial charge is 0.370 e. The number of rotatable bonds is 4. The molecule has 1 saturated heterocycles. The second-order valence-corrected chi connectivity index (χ2v) is 8.87. The first-order chi connectivity index (χ1) is 16.6. The number of carbonyl (C=O) groups is 1. The van der Waals surface area contributed by atoms with Crippen LogP contribution in [-0.4, -0.2) is 51.8 Å². The summed E-state index contributed by atoms with van der Waals surface area (Å²) >= 11 is 1.48. The Kier molecular flexibility index (Phi) is 6.06. The van der Waals surface area contributed by atoms with E-state index in [0.29, 0.717) is 36.7 Å². The molecule has 1 aliphatic rings. The summed E-state index contributed by atoms with van der Waals surface area (Å²) in [7, 11) is 0. The Morgan fingerprint density at radius 3 is 2.59 bits per heavy atom. The maximum atomic E-state index is 13.9. The molecule has 0 bridgehead atoms. The van der Waals surface area contributed by atoms with Crippen LogP contribution in [-0.2, 0) is 0 Å². The van der Waals surface area contributed by atoms with Gasteiger partial charge < -0.3 is 9.80 Å². The first-order valence-corrected chi connectivity index (χ1v) is 11.8. The Morgan fingerprint density at radius 1 is 1.00 bits per heavy atom. The van der Waals surface area contributed by atoms with Gasteiger partial charge in [-0.25, -0.2) is 14.1 Å². The van der Waals surface area contributed by atoms with Crippen molar-refractivity contribution in [1.82, 2.24) is 19.7 Å². The van der Waals surface area contributed by atoms with E-state index in [1.807, 2.05) is 29.6 Å². The quantitative estimate of drug-likeness (QED) is 0.441. The smallest absolute Gasteiger partial charge is 0.293 e. The van der Waals surface area contributed by atoms with Crippen molar-refractivity contribution >= 4 is 22.9 Å². The lowest BCUT2D eigenvalue weighted by Gasteiger charge is -2.23. The summed E-state index contributed by atoms with van der Waals surface area (Å²) < 4.78 is 15.4. The van der Waals surface area contributed by atoms with E-state index in [1.54, 1.807) is 29.2 Å². The lowest BCUT2D eigenvalue weighted by Crippen LogP contribution is -2.35. The lowest BCUT2D eigenvalue weighted by atomic mass is 10.2. The number of aromatic nitrogens is 3. The number of hydrogen-bond acceptors (Lipinski definition) is 6. The molecule has 0 aliphatic carbocycles. The average molecular weight is 473 g/mol. The molecule has 0 N–H and O–H groups in total. The SMILES string of the molecule is N#Cc1ccc(N2CCCN(C(=O)c3nc(-c4cccs4)n(-c4cccc(F)c4)n3)CC2)cc1. The number of nitriles is 1. The van der Waals surface area contributed by atoms with Crippen LogP contribution in [0.5, 0.6) is 0 Å². The molecular weight excluding hydrogens is 451 g/mol. The van der Waals surface area contributed by atoms with E-state index in [2.05, 4.69) is 21.1 Å². The van der Waals surface area contributed by atoms with E-state index in [4.69, 9.17) is 5.26 Å². The third-order valence-electron chi connectivity index (χ3n) is 5.74. The summed E-state index contributed by atoms with van der Waals surface area (Å²) in [4.78, 5) is 22.8. The number of anilines is 1. The van der Waals surface area contributed by atoms with Crippen molar-refractivity contribution in [2.24, 2.45) is 0 Å². The Labute approximate surface area is 200 Å². The van der Waals surface area contributed by atoms with Gasteiger partial charge in [-0.2, -0.15) is 5.26 Å². The predicted molar refractivity (Wildman–Crippen MR) is 129 cm³/mol. The van der Waals surface area contributed by atoms with Gasteiger partial charge in [-0.15, -0.1) is 16.4 Å². The zero-order valence-corrected chi connectivity index (χ0v) is 19.1. The minimum Gasteiger partial charge on any atom is -0.370 e. The zero-order chi connectivity index (χ0) is 23.5. The molecule has 1 fully saturated rings. The van der Waals surface area contributed by atoms with E-state index in [9.17, 15) is 9.18 Å². The molecule has 3 heterocycles. The summed E-state index contributed by atoms with van der Waals surface area (Å²) in [5.41, 5.74) is 2.16. The van der Waals surface area contributed by atoms with Gasteiger partial charge in [-0.3, -0.25) is 4.79 Å². The topological polar surface area (TPSA) is 78.0 Å². The van der Waals surface area contributed by atoms with Gasteiger partial charge in [0.05, 0.1) is 22.2 Å². The highest BCUT2D eigenvalue weighted by Crippen LogP contribution is 2.26. The van der Waals surface area contributed by atoms with Crippen molar-refractivity contribution in [3.63, 3.8) is 0 Å². The van der Waals surface area contributed by atoms with Gasteiger partial charge in [0.1, 0.15) is 5.82 Å². The highest BCUT2D eigenvalue weighted by atomic mass is 32.1. The summed E-state index contributed by atoms with van der Waals surface area (Å²) in [6.07, 6.45) is 0.800. The summed E-state index contributed by atoms with van der Waals surface area (Å²) in [6, 6.07) is 19.5. The Bertz CT molecular complexity index is 1340. The highest BCUT2D eigenvalue weighted by Gasteiger charge is 2.26. The normalized spacial score (nSPS) is 14.0. The van der Waals surface area contributed by atoms with Gasteiger partial charge in [-0.1, -0.05) is 12.1 Å². The van der Waals surface area contributed by atoms with Crippen molar-refractivity contribution in [2.45, 2.75) is 6.42 Å². The van der Waals surface area contributed by atoms with Gasteiger partial charge >= 0.3 is 0 Å². The molecule has 0 spiro atoms. The van der Waals surface area contributed by atoms with E-state index < -0.39 is 0 Å². The van der Waals surface area contributed by atoms with Gasteiger partial charge in [0.25, 0.3) is 5.91 Å². The van der Waals surface area contributed by atoms with Crippen LogP contribution in [0.1, 0.15) is 22.6 Å². The van der Waals surface area contributed by atoms with E-state index in [0.717, 1.165) is 23.5 Å². The van der Waals surface area contributed by atoms with Crippen LogP contribution in [0.4, 0.5) is 10.1 Å². The number of thiophene rings is 1. The number of benzene rings is 2. The van der Waals surface area contributed by atoms with Crippen molar-refractivity contribution in [3.05, 3.63) is 83.2 Å². The molecular formula is C25H21FN6OS. The fourth-order valence-electron chi connectivity index (χ4n) is 4.02. The maximum absolute atomic E-state index is 13.9. The molecule has 2 aromatic heterocycles. The van der Waals surface area contributed by atoms with Crippen LogP contribution in [0.25, 0.3) is 16.4 Å². The molecule has 5 rings (SSSR count).